The summed E-state index contributed by atoms with van der Waals surface area (Å²) >= 11 is 0. The highest BCUT2D eigenvalue weighted by atomic mass is 19.4. The van der Waals surface area contributed by atoms with Crippen LogP contribution in [0.1, 0.15) is 40.0 Å². The number of allylic oxidation sites excluding steroid dienone is 4. The Kier molecular flexibility index (Phi) is 5.58. The topological polar surface area (TPSA) is 0 Å². The number of halogens is 3. The van der Waals surface area contributed by atoms with Crippen LogP contribution in [0.25, 0.3) is 0 Å². The van der Waals surface area contributed by atoms with Crippen molar-refractivity contribution >= 4 is 0 Å². The van der Waals surface area contributed by atoms with Gasteiger partial charge in [0.15, 0.2) is 0 Å². The van der Waals surface area contributed by atoms with E-state index in [1.54, 1.807) is 6.08 Å². The average molecular weight is 206 g/mol. The molecule has 0 heterocycles. The molecule has 0 amide bonds. The molecular weight excluding hydrogens is 189 g/mol. The zero-order chi connectivity index (χ0) is 11.2. The Bertz CT molecular complexity index is 221. The molecule has 0 saturated carbocycles. The predicted molar refractivity (Wildman–Crippen MR) is 53.1 cm³/mol. The summed E-state index contributed by atoms with van der Waals surface area (Å²) < 4.78 is 36.8. The second-order valence-electron chi connectivity index (χ2n) is 3.31. The molecule has 0 fully saturated rings. The molecule has 0 saturated heterocycles. The van der Waals surface area contributed by atoms with Crippen molar-refractivity contribution < 1.29 is 13.2 Å². The van der Waals surface area contributed by atoms with E-state index in [2.05, 4.69) is 0 Å². The van der Waals surface area contributed by atoms with Crippen LogP contribution in [0.4, 0.5) is 13.2 Å². The van der Waals surface area contributed by atoms with Crippen molar-refractivity contribution in [3.8, 4) is 0 Å². The minimum atomic E-state index is -4.18. The molecule has 0 atom stereocenters. The van der Waals surface area contributed by atoms with Gasteiger partial charge in [0.05, 0.1) is 0 Å². The van der Waals surface area contributed by atoms with Crippen molar-refractivity contribution in [3.63, 3.8) is 0 Å². The monoisotopic (exact) mass is 206 g/mol. The first-order chi connectivity index (χ1) is 6.41. The molecule has 0 aromatic rings. The minimum absolute atomic E-state index is 0.0272. The van der Waals surface area contributed by atoms with Gasteiger partial charge in [-0.3, -0.25) is 0 Å². The van der Waals surface area contributed by atoms with Gasteiger partial charge in [-0.25, -0.2) is 0 Å². The van der Waals surface area contributed by atoms with E-state index in [0.717, 1.165) is 18.4 Å². The molecule has 0 aromatic carbocycles. The number of rotatable bonds is 4. The second-order valence-corrected chi connectivity index (χ2v) is 3.31. The molecule has 0 rings (SSSR count). The summed E-state index contributed by atoms with van der Waals surface area (Å²) in [6.07, 6.45) is 0.410. The van der Waals surface area contributed by atoms with E-state index < -0.39 is 11.7 Å². The summed E-state index contributed by atoms with van der Waals surface area (Å²) in [6.45, 7) is 5.37. The van der Waals surface area contributed by atoms with Gasteiger partial charge in [-0.05, 0) is 19.8 Å². The molecular formula is C11H17F3. The largest absolute Gasteiger partial charge is 0.412 e. The summed E-state index contributed by atoms with van der Waals surface area (Å²) in [5.41, 5.74) is 0.524. The standard InChI is InChI=1S/C11H17F3/c1-4-6-9(3)7-8-10(5-2)11(12,13)14/h7-8H,4-6H2,1-3H3/b9-7-,10-8+. The molecule has 82 valence electrons. The highest BCUT2D eigenvalue weighted by Crippen LogP contribution is 2.27. The van der Waals surface area contributed by atoms with Crippen LogP contribution in [-0.2, 0) is 0 Å². The SMILES string of the molecule is CCC/C(C)=C\C=C(/CC)C(F)(F)F. The van der Waals surface area contributed by atoms with Gasteiger partial charge in [-0.1, -0.05) is 38.0 Å². The first-order valence-corrected chi connectivity index (χ1v) is 4.85. The van der Waals surface area contributed by atoms with Crippen molar-refractivity contribution in [2.45, 2.75) is 46.2 Å². The zero-order valence-corrected chi connectivity index (χ0v) is 8.91. The molecule has 0 nitrogen and oxygen atoms in total. The summed E-state index contributed by atoms with van der Waals surface area (Å²) in [7, 11) is 0. The maximum atomic E-state index is 12.3. The van der Waals surface area contributed by atoms with Gasteiger partial charge in [0.1, 0.15) is 0 Å². The molecule has 0 bridgehead atoms. The third-order valence-corrected chi connectivity index (χ3v) is 1.96. The van der Waals surface area contributed by atoms with Gasteiger partial charge >= 0.3 is 6.18 Å². The summed E-state index contributed by atoms with van der Waals surface area (Å²) in [5, 5.41) is 0. The van der Waals surface area contributed by atoms with Gasteiger partial charge in [-0.2, -0.15) is 13.2 Å². The first-order valence-electron chi connectivity index (χ1n) is 4.85. The van der Waals surface area contributed by atoms with Crippen LogP contribution in [0.2, 0.25) is 0 Å². The van der Waals surface area contributed by atoms with Crippen LogP contribution in [0.5, 0.6) is 0 Å². The van der Waals surface area contributed by atoms with E-state index in [-0.39, 0.29) is 6.42 Å². The van der Waals surface area contributed by atoms with Crippen molar-refractivity contribution in [2.75, 3.05) is 0 Å². The summed E-state index contributed by atoms with van der Waals surface area (Å²) in [5.74, 6) is 0. The molecule has 0 unspecified atom stereocenters. The predicted octanol–water partition coefficient (Wildman–Crippen LogP) is 4.63. The quantitative estimate of drug-likeness (QED) is 0.588. The van der Waals surface area contributed by atoms with Crippen molar-refractivity contribution in [1.82, 2.24) is 0 Å². The zero-order valence-electron chi connectivity index (χ0n) is 8.91. The van der Waals surface area contributed by atoms with Gasteiger partial charge in [-0.15, -0.1) is 0 Å². The van der Waals surface area contributed by atoms with Crippen LogP contribution in [0.3, 0.4) is 0 Å². The third-order valence-electron chi connectivity index (χ3n) is 1.96. The lowest BCUT2D eigenvalue weighted by atomic mass is 10.1. The molecule has 0 aliphatic rings. The fourth-order valence-corrected chi connectivity index (χ4v) is 1.13. The summed E-state index contributed by atoms with van der Waals surface area (Å²) in [6, 6.07) is 0. The number of alkyl halides is 3. The lowest BCUT2D eigenvalue weighted by Gasteiger charge is -2.08. The fourth-order valence-electron chi connectivity index (χ4n) is 1.13. The summed E-state index contributed by atoms with van der Waals surface area (Å²) in [4.78, 5) is 0. The van der Waals surface area contributed by atoms with E-state index in [0.29, 0.717) is 0 Å². The second kappa shape index (κ2) is 5.89. The Hall–Kier alpha value is -0.730. The van der Waals surface area contributed by atoms with Crippen LogP contribution >= 0.6 is 0 Å². The van der Waals surface area contributed by atoms with Gasteiger partial charge < -0.3 is 0 Å². The van der Waals surface area contributed by atoms with E-state index in [1.165, 1.54) is 13.0 Å². The maximum Gasteiger partial charge on any atom is 0.412 e. The molecule has 0 aromatic heterocycles. The van der Waals surface area contributed by atoms with Crippen LogP contribution < -0.4 is 0 Å². The highest BCUT2D eigenvalue weighted by molar-refractivity contribution is 5.19. The van der Waals surface area contributed by atoms with E-state index in [9.17, 15) is 13.2 Å². The highest BCUT2D eigenvalue weighted by Gasteiger charge is 2.31. The van der Waals surface area contributed by atoms with E-state index in [1.807, 2.05) is 13.8 Å². The van der Waals surface area contributed by atoms with Crippen LogP contribution in [0, 0.1) is 0 Å². The Morgan fingerprint density at radius 1 is 1.14 bits per heavy atom. The van der Waals surface area contributed by atoms with Crippen molar-refractivity contribution in [1.29, 1.82) is 0 Å². The van der Waals surface area contributed by atoms with Gasteiger partial charge in [0, 0.05) is 5.57 Å². The third kappa shape index (κ3) is 5.10. The van der Waals surface area contributed by atoms with Crippen LogP contribution in [0.15, 0.2) is 23.3 Å². The van der Waals surface area contributed by atoms with E-state index >= 15 is 0 Å². The molecule has 0 N–H and O–H groups in total. The lowest BCUT2D eigenvalue weighted by Crippen LogP contribution is -2.10. The molecule has 0 radical (unpaired) electrons. The van der Waals surface area contributed by atoms with Crippen LogP contribution in [-0.4, -0.2) is 6.18 Å². The van der Waals surface area contributed by atoms with Gasteiger partial charge in [0.2, 0.25) is 0 Å². The minimum Gasteiger partial charge on any atom is -0.166 e. The molecule has 14 heavy (non-hydrogen) atoms. The average Bonchev–Trinajstić information content (AvgIpc) is 2.03. The van der Waals surface area contributed by atoms with E-state index in [4.69, 9.17) is 0 Å². The Labute approximate surface area is 83.5 Å². The fraction of sp³-hybridized carbons (Fsp3) is 0.636. The molecule has 3 heteroatoms. The number of hydrogen-bond donors (Lipinski definition) is 0. The first kappa shape index (κ1) is 13.3. The van der Waals surface area contributed by atoms with Crippen molar-refractivity contribution in [3.05, 3.63) is 23.3 Å². The van der Waals surface area contributed by atoms with Crippen molar-refractivity contribution in [2.24, 2.45) is 0 Å². The lowest BCUT2D eigenvalue weighted by molar-refractivity contribution is -0.0935. The molecule has 0 aliphatic heterocycles. The Morgan fingerprint density at radius 2 is 1.71 bits per heavy atom. The Morgan fingerprint density at radius 3 is 2.07 bits per heavy atom. The smallest absolute Gasteiger partial charge is 0.166 e. The normalized spacial score (nSPS) is 14.7. The molecule has 0 aliphatic carbocycles. The molecule has 0 spiro atoms. The number of hydrogen-bond acceptors (Lipinski definition) is 0. The maximum absolute atomic E-state index is 12.3. The van der Waals surface area contributed by atoms with Gasteiger partial charge in [0.25, 0.3) is 0 Å². The Balaban J connectivity index is 4.54.